The van der Waals surface area contributed by atoms with Crippen molar-refractivity contribution in [3.05, 3.63) is 29.8 Å². The van der Waals surface area contributed by atoms with Crippen LogP contribution in [0, 0.1) is 5.92 Å². The van der Waals surface area contributed by atoms with E-state index in [0.717, 1.165) is 17.7 Å². The smallest absolute Gasteiger partial charge is 0.239 e. The molecule has 1 aromatic carbocycles. The predicted octanol–water partition coefficient (Wildman–Crippen LogP) is 3.16. The first-order chi connectivity index (χ1) is 12.0. The molecule has 0 spiro atoms. The number of nitrogens with one attached hydrogen (secondary N) is 2. The minimum atomic E-state index is 0.0347. The third-order valence-electron chi connectivity index (χ3n) is 5.10. The fraction of sp³-hybridized carbons (Fsp3) is 0.600. The maximum Gasteiger partial charge on any atom is 0.239 e. The first-order valence-corrected chi connectivity index (χ1v) is 9.38. The van der Waals surface area contributed by atoms with Crippen LogP contribution >= 0.6 is 0 Å². The van der Waals surface area contributed by atoms with Gasteiger partial charge in [-0.05, 0) is 37.3 Å². The van der Waals surface area contributed by atoms with Crippen molar-refractivity contribution < 1.29 is 9.59 Å². The van der Waals surface area contributed by atoms with Gasteiger partial charge < -0.3 is 15.5 Å². The zero-order valence-electron chi connectivity index (χ0n) is 15.7. The Labute approximate surface area is 151 Å². The first kappa shape index (κ1) is 19.3. The van der Waals surface area contributed by atoms with Crippen LogP contribution in [0.2, 0.25) is 0 Å². The molecule has 0 saturated heterocycles. The average molecular weight is 345 g/mol. The number of amides is 2. The van der Waals surface area contributed by atoms with Gasteiger partial charge in [-0.2, -0.15) is 0 Å². The number of hydrogen-bond acceptors (Lipinski definition) is 3. The summed E-state index contributed by atoms with van der Waals surface area (Å²) in [7, 11) is 0. The summed E-state index contributed by atoms with van der Waals surface area (Å²) >= 11 is 0. The number of anilines is 1. The van der Waals surface area contributed by atoms with Gasteiger partial charge in [0.1, 0.15) is 0 Å². The lowest BCUT2D eigenvalue weighted by Crippen LogP contribution is -2.43. The SMILES string of the molecule is CCN(Cc1ccccc1NCC(=O)NC1CCCCC1C)C(C)=O. The topological polar surface area (TPSA) is 61.4 Å². The van der Waals surface area contributed by atoms with Crippen molar-refractivity contribution in [3.8, 4) is 0 Å². The summed E-state index contributed by atoms with van der Waals surface area (Å²) in [4.78, 5) is 25.7. The summed E-state index contributed by atoms with van der Waals surface area (Å²) in [5.41, 5.74) is 1.94. The average Bonchev–Trinajstić information content (AvgIpc) is 2.60. The molecule has 2 atom stereocenters. The Morgan fingerprint density at radius 1 is 1.20 bits per heavy atom. The molecule has 138 valence electrons. The van der Waals surface area contributed by atoms with Crippen molar-refractivity contribution in [2.45, 2.75) is 59.0 Å². The lowest BCUT2D eigenvalue weighted by atomic mass is 9.86. The Bertz CT molecular complexity index is 588. The number of hydrogen-bond donors (Lipinski definition) is 2. The highest BCUT2D eigenvalue weighted by atomic mass is 16.2. The van der Waals surface area contributed by atoms with Crippen LogP contribution in [0.25, 0.3) is 0 Å². The normalized spacial score (nSPS) is 20.0. The molecule has 2 rings (SSSR count). The van der Waals surface area contributed by atoms with Gasteiger partial charge in [-0.25, -0.2) is 0 Å². The summed E-state index contributed by atoms with van der Waals surface area (Å²) in [6.45, 7) is 7.24. The molecule has 0 heterocycles. The fourth-order valence-electron chi connectivity index (χ4n) is 3.45. The van der Waals surface area contributed by atoms with E-state index in [1.54, 1.807) is 11.8 Å². The van der Waals surface area contributed by atoms with E-state index in [2.05, 4.69) is 17.6 Å². The number of carbonyl (C=O) groups is 2. The van der Waals surface area contributed by atoms with E-state index in [-0.39, 0.29) is 18.4 Å². The molecular formula is C20H31N3O2. The van der Waals surface area contributed by atoms with Gasteiger partial charge in [-0.1, -0.05) is 38.0 Å². The molecule has 5 nitrogen and oxygen atoms in total. The van der Waals surface area contributed by atoms with Crippen molar-refractivity contribution in [1.29, 1.82) is 0 Å². The molecule has 25 heavy (non-hydrogen) atoms. The zero-order valence-corrected chi connectivity index (χ0v) is 15.7. The third kappa shape index (κ3) is 5.76. The largest absolute Gasteiger partial charge is 0.376 e. The lowest BCUT2D eigenvalue weighted by molar-refractivity contribution is -0.129. The van der Waals surface area contributed by atoms with Crippen LogP contribution in [0.15, 0.2) is 24.3 Å². The van der Waals surface area contributed by atoms with Gasteiger partial charge >= 0.3 is 0 Å². The Kier molecular flexibility index (Phi) is 7.29. The van der Waals surface area contributed by atoms with Gasteiger partial charge in [0.25, 0.3) is 0 Å². The van der Waals surface area contributed by atoms with Crippen LogP contribution in [0.1, 0.15) is 52.0 Å². The number of benzene rings is 1. The van der Waals surface area contributed by atoms with Crippen LogP contribution in [-0.2, 0) is 16.1 Å². The Balaban J connectivity index is 1.91. The first-order valence-electron chi connectivity index (χ1n) is 9.38. The van der Waals surface area contributed by atoms with Crippen LogP contribution in [0.5, 0.6) is 0 Å². The van der Waals surface area contributed by atoms with Gasteiger partial charge in [0.15, 0.2) is 0 Å². The van der Waals surface area contributed by atoms with Crippen LogP contribution < -0.4 is 10.6 Å². The fourth-order valence-corrected chi connectivity index (χ4v) is 3.45. The second-order valence-electron chi connectivity index (χ2n) is 6.98. The van der Waals surface area contributed by atoms with Crippen molar-refractivity contribution in [2.75, 3.05) is 18.4 Å². The van der Waals surface area contributed by atoms with E-state index in [4.69, 9.17) is 0 Å². The lowest BCUT2D eigenvalue weighted by Gasteiger charge is -2.29. The molecule has 1 fully saturated rings. The molecule has 1 saturated carbocycles. The standard InChI is InChI=1S/C20H31N3O2/c1-4-23(16(3)24)14-17-10-6-8-12-19(17)21-13-20(25)22-18-11-7-5-9-15(18)2/h6,8,10,12,15,18,21H,4-5,7,9,11,13-14H2,1-3H3,(H,22,25). The Morgan fingerprint density at radius 2 is 1.92 bits per heavy atom. The second-order valence-corrected chi connectivity index (χ2v) is 6.98. The summed E-state index contributed by atoms with van der Waals surface area (Å²) in [5.74, 6) is 0.646. The van der Waals surface area contributed by atoms with Gasteiger partial charge in [0, 0.05) is 31.7 Å². The summed E-state index contributed by atoms with van der Waals surface area (Å²) < 4.78 is 0. The molecule has 2 N–H and O–H groups in total. The van der Waals surface area contributed by atoms with E-state index in [1.807, 2.05) is 31.2 Å². The molecule has 2 unspecified atom stereocenters. The molecule has 0 aromatic heterocycles. The summed E-state index contributed by atoms with van der Waals surface area (Å²) in [6, 6.07) is 8.15. The molecule has 2 amide bonds. The van der Waals surface area contributed by atoms with Crippen LogP contribution in [0.3, 0.4) is 0 Å². The van der Waals surface area contributed by atoms with Crippen LogP contribution in [-0.4, -0.2) is 35.8 Å². The Morgan fingerprint density at radius 3 is 2.60 bits per heavy atom. The van der Waals surface area contributed by atoms with Crippen molar-refractivity contribution in [3.63, 3.8) is 0 Å². The summed E-state index contributed by atoms with van der Waals surface area (Å²) in [5, 5.41) is 6.40. The van der Waals surface area contributed by atoms with E-state index < -0.39 is 0 Å². The van der Waals surface area contributed by atoms with Crippen molar-refractivity contribution in [2.24, 2.45) is 5.92 Å². The maximum absolute atomic E-state index is 12.3. The Hall–Kier alpha value is -2.04. The van der Waals surface area contributed by atoms with E-state index >= 15 is 0 Å². The van der Waals surface area contributed by atoms with Gasteiger partial charge in [-0.3, -0.25) is 9.59 Å². The van der Waals surface area contributed by atoms with E-state index in [0.29, 0.717) is 25.0 Å². The molecule has 0 bridgehead atoms. The molecule has 1 aliphatic rings. The zero-order chi connectivity index (χ0) is 18.2. The van der Waals surface area contributed by atoms with Crippen LogP contribution in [0.4, 0.5) is 5.69 Å². The molecule has 0 aliphatic heterocycles. The molecule has 1 aromatic rings. The van der Waals surface area contributed by atoms with Gasteiger partial charge in [-0.15, -0.1) is 0 Å². The highest BCUT2D eigenvalue weighted by molar-refractivity contribution is 5.81. The highest BCUT2D eigenvalue weighted by Gasteiger charge is 2.22. The minimum Gasteiger partial charge on any atom is -0.376 e. The number of para-hydroxylation sites is 1. The minimum absolute atomic E-state index is 0.0347. The molecule has 1 aliphatic carbocycles. The van der Waals surface area contributed by atoms with Crippen molar-refractivity contribution >= 4 is 17.5 Å². The number of carbonyl (C=O) groups excluding carboxylic acids is 2. The molecule has 0 radical (unpaired) electrons. The monoisotopic (exact) mass is 345 g/mol. The number of nitrogens with zero attached hydrogens (tertiary/aromatic N) is 1. The molecule has 5 heteroatoms. The highest BCUT2D eigenvalue weighted by Crippen LogP contribution is 2.23. The summed E-state index contributed by atoms with van der Waals surface area (Å²) in [6.07, 6.45) is 4.74. The maximum atomic E-state index is 12.3. The van der Waals surface area contributed by atoms with Gasteiger partial charge in [0.2, 0.25) is 11.8 Å². The van der Waals surface area contributed by atoms with Crippen molar-refractivity contribution in [1.82, 2.24) is 10.2 Å². The van der Waals surface area contributed by atoms with E-state index in [1.165, 1.54) is 19.3 Å². The predicted molar refractivity (Wildman–Crippen MR) is 101 cm³/mol. The second kappa shape index (κ2) is 9.44. The third-order valence-corrected chi connectivity index (χ3v) is 5.10. The quantitative estimate of drug-likeness (QED) is 0.798. The molecular weight excluding hydrogens is 314 g/mol. The van der Waals surface area contributed by atoms with Gasteiger partial charge in [0.05, 0.1) is 6.54 Å². The van der Waals surface area contributed by atoms with E-state index in [9.17, 15) is 9.59 Å². The number of rotatable bonds is 7.